The van der Waals surface area contributed by atoms with Crippen LogP contribution in [0.25, 0.3) is 0 Å². The summed E-state index contributed by atoms with van der Waals surface area (Å²) in [5, 5.41) is 5.46. The quantitative estimate of drug-likeness (QED) is 0.883. The molecule has 0 radical (unpaired) electrons. The van der Waals surface area contributed by atoms with Crippen molar-refractivity contribution in [2.24, 2.45) is 0 Å². The van der Waals surface area contributed by atoms with Gasteiger partial charge >= 0.3 is 0 Å². The van der Waals surface area contributed by atoms with Crippen molar-refractivity contribution >= 4 is 11.3 Å². The number of thiophene rings is 1. The highest BCUT2D eigenvalue weighted by Gasteiger charge is 2.00. The summed E-state index contributed by atoms with van der Waals surface area (Å²) < 4.78 is 5.22. The van der Waals surface area contributed by atoms with E-state index in [1.165, 1.54) is 4.88 Å². The van der Waals surface area contributed by atoms with E-state index in [4.69, 9.17) is 4.74 Å². The molecule has 3 nitrogen and oxygen atoms in total. The van der Waals surface area contributed by atoms with E-state index in [1.54, 1.807) is 18.4 Å². The van der Waals surface area contributed by atoms with Crippen molar-refractivity contribution in [2.45, 2.75) is 20.0 Å². The molecule has 0 aliphatic heterocycles. The Balaban J connectivity index is 1.92. The number of rotatable bonds is 5. The average molecular weight is 248 g/mol. The lowest BCUT2D eigenvalue weighted by atomic mass is 10.3. The van der Waals surface area contributed by atoms with Gasteiger partial charge < -0.3 is 10.1 Å². The van der Waals surface area contributed by atoms with Crippen LogP contribution in [0, 0.1) is 6.92 Å². The molecule has 0 amide bonds. The molecule has 2 rings (SSSR count). The van der Waals surface area contributed by atoms with Crippen LogP contribution in [-0.2, 0) is 13.1 Å². The van der Waals surface area contributed by atoms with Crippen molar-refractivity contribution in [3.63, 3.8) is 0 Å². The third-order valence-electron chi connectivity index (χ3n) is 2.40. The number of pyridine rings is 1. The summed E-state index contributed by atoms with van der Waals surface area (Å²) in [6.07, 6.45) is 0. The minimum Gasteiger partial charge on any atom is -0.497 e. The Bertz CT molecular complexity index is 468. The number of methoxy groups -OCH3 is 1. The van der Waals surface area contributed by atoms with Gasteiger partial charge in [0.15, 0.2) is 0 Å². The lowest BCUT2D eigenvalue weighted by Gasteiger charge is -2.06. The van der Waals surface area contributed by atoms with Gasteiger partial charge in [-0.3, -0.25) is 4.98 Å². The van der Waals surface area contributed by atoms with Crippen LogP contribution in [0.5, 0.6) is 5.75 Å². The summed E-state index contributed by atoms with van der Waals surface area (Å²) in [4.78, 5) is 5.80. The zero-order valence-electron chi connectivity index (χ0n) is 10.1. The Morgan fingerprint density at radius 3 is 2.94 bits per heavy atom. The normalized spacial score (nSPS) is 10.5. The van der Waals surface area contributed by atoms with E-state index in [9.17, 15) is 0 Å². The summed E-state index contributed by atoms with van der Waals surface area (Å²) in [5.74, 6) is 0.866. The minimum absolute atomic E-state index is 0.760. The van der Waals surface area contributed by atoms with Gasteiger partial charge in [-0.2, -0.15) is 0 Å². The van der Waals surface area contributed by atoms with Gasteiger partial charge in [0.05, 0.1) is 12.8 Å². The summed E-state index contributed by atoms with van der Waals surface area (Å²) in [6, 6.07) is 8.09. The van der Waals surface area contributed by atoms with Gasteiger partial charge in [-0.15, -0.1) is 11.3 Å². The predicted molar refractivity (Wildman–Crippen MR) is 70.4 cm³/mol. The molecule has 0 atom stereocenters. The van der Waals surface area contributed by atoms with Gasteiger partial charge in [0.2, 0.25) is 0 Å². The van der Waals surface area contributed by atoms with E-state index in [0.29, 0.717) is 0 Å². The van der Waals surface area contributed by atoms with Crippen molar-refractivity contribution in [1.29, 1.82) is 0 Å². The number of aromatic nitrogens is 1. The molecule has 2 heterocycles. The second-order valence-electron chi connectivity index (χ2n) is 3.82. The Morgan fingerprint density at radius 2 is 2.24 bits per heavy atom. The Labute approximate surface area is 105 Å². The summed E-state index contributed by atoms with van der Waals surface area (Å²) in [6.45, 7) is 3.62. The maximum Gasteiger partial charge on any atom is 0.122 e. The van der Waals surface area contributed by atoms with E-state index in [2.05, 4.69) is 27.8 Å². The fourth-order valence-corrected chi connectivity index (χ4v) is 2.31. The molecule has 0 fully saturated rings. The van der Waals surface area contributed by atoms with Crippen LogP contribution in [0.3, 0.4) is 0 Å². The second-order valence-corrected chi connectivity index (χ2v) is 4.85. The van der Waals surface area contributed by atoms with Crippen molar-refractivity contribution in [3.05, 3.63) is 45.9 Å². The Kier molecular flexibility index (Phi) is 4.12. The van der Waals surface area contributed by atoms with Crippen LogP contribution in [0.2, 0.25) is 0 Å². The molecule has 2 aromatic rings. The smallest absolute Gasteiger partial charge is 0.122 e. The highest BCUT2D eigenvalue weighted by Crippen LogP contribution is 2.13. The van der Waals surface area contributed by atoms with Crippen molar-refractivity contribution in [1.82, 2.24) is 10.3 Å². The summed E-state index contributed by atoms with van der Waals surface area (Å²) >= 11 is 1.76. The number of nitrogens with one attached hydrogen (secondary N) is 1. The molecule has 0 bridgehead atoms. The molecule has 0 spiro atoms. The van der Waals surface area contributed by atoms with Gasteiger partial charge in [-0.1, -0.05) is 6.07 Å². The van der Waals surface area contributed by atoms with Gasteiger partial charge in [0.25, 0.3) is 0 Å². The zero-order valence-corrected chi connectivity index (χ0v) is 10.9. The zero-order chi connectivity index (χ0) is 12.1. The SMILES string of the molecule is COc1cc(C)nc(CNCc2cccs2)c1. The van der Waals surface area contributed by atoms with E-state index in [1.807, 2.05) is 19.1 Å². The second kappa shape index (κ2) is 5.80. The topological polar surface area (TPSA) is 34.1 Å². The summed E-state index contributed by atoms with van der Waals surface area (Å²) in [5.41, 5.74) is 2.00. The predicted octanol–water partition coefficient (Wildman–Crippen LogP) is 2.75. The van der Waals surface area contributed by atoms with Crippen molar-refractivity contribution in [3.8, 4) is 5.75 Å². The molecule has 0 aliphatic carbocycles. The van der Waals surface area contributed by atoms with E-state index in [-0.39, 0.29) is 0 Å². The molecule has 1 N–H and O–H groups in total. The molecule has 0 saturated heterocycles. The molecule has 4 heteroatoms. The highest BCUT2D eigenvalue weighted by atomic mass is 32.1. The standard InChI is InChI=1S/C13H16N2OS/c1-10-6-12(16-2)7-11(15-10)8-14-9-13-4-3-5-17-13/h3-7,14H,8-9H2,1-2H3. The minimum atomic E-state index is 0.760. The van der Waals surface area contributed by atoms with Gasteiger partial charge in [0.1, 0.15) is 5.75 Å². The van der Waals surface area contributed by atoms with Crippen LogP contribution in [0.4, 0.5) is 0 Å². The Morgan fingerprint density at radius 1 is 1.35 bits per heavy atom. The first-order valence-electron chi connectivity index (χ1n) is 5.52. The number of aryl methyl sites for hydroxylation is 1. The number of ether oxygens (including phenoxy) is 1. The highest BCUT2D eigenvalue weighted by molar-refractivity contribution is 7.09. The van der Waals surface area contributed by atoms with E-state index >= 15 is 0 Å². The van der Waals surface area contributed by atoms with Gasteiger partial charge in [0, 0.05) is 35.8 Å². The molecule has 0 aliphatic rings. The molecular weight excluding hydrogens is 232 g/mol. The molecule has 0 aromatic carbocycles. The largest absolute Gasteiger partial charge is 0.497 e. The third-order valence-corrected chi connectivity index (χ3v) is 3.28. The van der Waals surface area contributed by atoms with Crippen molar-refractivity contribution < 1.29 is 4.74 Å². The average Bonchev–Trinajstić information content (AvgIpc) is 2.81. The fraction of sp³-hybridized carbons (Fsp3) is 0.308. The first-order valence-corrected chi connectivity index (χ1v) is 6.40. The number of hydrogen-bond acceptors (Lipinski definition) is 4. The van der Waals surface area contributed by atoms with Gasteiger partial charge in [-0.25, -0.2) is 0 Å². The third kappa shape index (κ3) is 3.54. The monoisotopic (exact) mass is 248 g/mol. The number of nitrogens with zero attached hydrogens (tertiary/aromatic N) is 1. The molecule has 2 aromatic heterocycles. The van der Waals surface area contributed by atoms with E-state index < -0.39 is 0 Å². The first-order chi connectivity index (χ1) is 8.28. The lowest BCUT2D eigenvalue weighted by molar-refractivity contribution is 0.412. The lowest BCUT2D eigenvalue weighted by Crippen LogP contribution is -2.13. The first kappa shape index (κ1) is 12.1. The van der Waals surface area contributed by atoms with Gasteiger partial charge in [-0.05, 0) is 18.4 Å². The molecule has 0 unspecified atom stereocenters. The van der Waals surface area contributed by atoms with Crippen LogP contribution in [-0.4, -0.2) is 12.1 Å². The molecular formula is C13H16N2OS. The van der Waals surface area contributed by atoms with E-state index in [0.717, 1.165) is 30.2 Å². The van der Waals surface area contributed by atoms with Crippen LogP contribution in [0.15, 0.2) is 29.6 Å². The molecule has 17 heavy (non-hydrogen) atoms. The maximum atomic E-state index is 5.22. The Hall–Kier alpha value is -1.39. The fourth-order valence-electron chi connectivity index (χ4n) is 1.64. The maximum absolute atomic E-state index is 5.22. The van der Waals surface area contributed by atoms with Crippen LogP contribution in [0.1, 0.15) is 16.3 Å². The van der Waals surface area contributed by atoms with Crippen molar-refractivity contribution in [2.75, 3.05) is 7.11 Å². The summed E-state index contributed by atoms with van der Waals surface area (Å²) in [7, 11) is 1.68. The number of hydrogen-bond donors (Lipinski definition) is 1. The van der Waals surface area contributed by atoms with Crippen LogP contribution < -0.4 is 10.1 Å². The molecule has 90 valence electrons. The van der Waals surface area contributed by atoms with Crippen LogP contribution >= 0.6 is 11.3 Å². The molecule has 0 saturated carbocycles.